The SMILES string of the molecule is CCOC(=O)C1(C(=O)OCC)CC(=O)N(Cc2ccccc2)CC12CC1(CCCCC1)CO2. The average molecular weight is 458 g/mol. The third-order valence-electron chi connectivity index (χ3n) is 7.69. The summed E-state index contributed by atoms with van der Waals surface area (Å²) in [7, 11) is 0. The van der Waals surface area contributed by atoms with Gasteiger partial charge in [0.2, 0.25) is 11.3 Å². The number of rotatable bonds is 6. The normalized spacial score (nSPS) is 25.9. The van der Waals surface area contributed by atoms with Crippen LogP contribution >= 0.6 is 0 Å². The van der Waals surface area contributed by atoms with Crippen LogP contribution in [0.5, 0.6) is 0 Å². The Bertz CT molecular complexity index is 860. The summed E-state index contributed by atoms with van der Waals surface area (Å²) in [4.78, 5) is 42.1. The smallest absolute Gasteiger partial charge is 0.327 e. The molecule has 1 unspecified atom stereocenters. The van der Waals surface area contributed by atoms with Crippen LogP contribution < -0.4 is 0 Å². The van der Waals surface area contributed by atoms with E-state index in [1.165, 1.54) is 6.42 Å². The Hall–Kier alpha value is -2.41. The van der Waals surface area contributed by atoms with Gasteiger partial charge in [-0.1, -0.05) is 49.6 Å². The molecular weight excluding hydrogens is 422 g/mol. The van der Waals surface area contributed by atoms with Gasteiger partial charge < -0.3 is 19.1 Å². The number of carbonyl (C=O) groups is 3. The van der Waals surface area contributed by atoms with Crippen molar-refractivity contribution in [3.63, 3.8) is 0 Å². The van der Waals surface area contributed by atoms with Gasteiger partial charge in [0.05, 0.1) is 32.8 Å². The molecule has 2 heterocycles. The summed E-state index contributed by atoms with van der Waals surface area (Å²) in [5, 5.41) is 0. The molecule has 0 aromatic heterocycles. The van der Waals surface area contributed by atoms with Crippen LogP contribution in [0.1, 0.15) is 64.4 Å². The van der Waals surface area contributed by atoms with Crippen LogP contribution in [0, 0.1) is 10.8 Å². The van der Waals surface area contributed by atoms with E-state index in [2.05, 4.69) is 0 Å². The van der Waals surface area contributed by atoms with E-state index < -0.39 is 23.0 Å². The van der Waals surface area contributed by atoms with E-state index in [9.17, 15) is 14.4 Å². The molecule has 1 aliphatic carbocycles. The van der Waals surface area contributed by atoms with Crippen molar-refractivity contribution < 1.29 is 28.6 Å². The summed E-state index contributed by atoms with van der Waals surface area (Å²) in [6.45, 7) is 4.69. The van der Waals surface area contributed by atoms with E-state index in [-0.39, 0.29) is 37.5 Å². The van der Waals surface area contributed by atoms with Crippen molar-refractivity contribution in [2.24, 2.45) is 10.8 Å². The van der Waals surface area contributed by atoms with E-state index in [0.717, 1.165) is 31.2 Å². The zero-order chi connectivity index (χ0) is 23.5. The van der Waals surface area contributed by atoms with Gasteiger partial charge >= 0.3 is 11.9 Å². The summed E-state index contributed by atoms with van der Waals surface area (Å²) < 4.78 is 17.4. The Morgan fingerprint density at radius 2 is 1.64 bits per heavy atom. The van der Waals surface area contributed by atoms with Crippen molar-refractivity contribution in [3.8, 4) is 0 Å². The molecule has 33 heavy (non-hydrogen) atoms. The quantitative estimate of drug-likeness (QED) is 0.479. The molecule has 1 atom stereocenters. The van der Waals surface area contributed by atoms with Gasteiger partial charge in [-0.15, -0.1) is 0 Å². The number of esters is 2. The van der Waals surface area contributed by atoms with Crippen molar-refractivity contribution in [3.05, 3.63) is 35.9 Å². The molecule has 7 nitrogen and oxygen atoms in total. The van der Waals surface area contributed by atoms with Gasteiger partial charge in [-0.3, -0.25) is 14.4 Å². The fraction of sp³-hybridized carbons (Fsp3) is 0.654. The maximum absolute atomic E-state index is 13.5. The molecule has 0 radical (unpaired) electrons. The molecule has 3 fully saturated rings. The zero-order valence-corrected chi connectivity index (χ0v) is 19.8. The Labute approximate surface area is 195 Å². The Kier molecular flexibility index (Phi) is 6.80. The first kappa shape index (κ1) is 23.7. The molecule has 2 saturated heterocycles. The van der Waals surface area contributed by atoms with Crippen LogP contribution in [0.2, 0.25) is 0 Å². The number of likely N-dealkylation sites (tertiary alicyclic amines) is 1. The first-order valence-electron chi connectivity index (χ1n) is 12.2. The summed E-state index contributed by atoms with van der Waals surface area (Å²) >= 11 is 0. The van der Waals surface area contributed by atoms with Crippen LogP contribution in [0.15, 0.2) is 30.3 Å². The number of hydrogen-bond donors (Lipinski definition) is 0. The van der Waals surface area contributed by atoms with Crippen LogP contribution in [-0.2, 0) is 35.1 Å². The van der Waals surface area contributed by atoms with Gasteiger partial charge in [0.1, 0.15) is 5.60 Å². The van der Waals surface area contributed by atoms with E-state index >= 15 is 0 Å². The second kappa shape index (κ2) is 9.45. The molecule has 1 saturated carbocycles. The number of ether oxygens (including phenoxy) is 3. The fourth-order valence-corrected chi connectivity index (χ4v) is 6.08. The summed E-state index contributed by atoms with van der Waals surface area (Å²) in [5.41, 5.74) is -2.04. The van der Waals surface area contributed by atoms with Crippen molar-refractivity contribution >= 4 is 17.8 Å². The second-order valence-electron chi connectivity index (χ2n) is 9.78. The van der Waals surface area contributed by atoms with Gasteiger partial charge in [-0.05, 0) is 44.1 Å². The highest BCUT2D eigenvalue weighted by Crippen LogP contribution is 2.58. The van der Waals surface area contributed by atoms with E-state index in [1.54, 1.807) is 18.7 Å². The van der Waals surface area contributed by atoms with Crippen LogP contribution in [0.4, 0.5) is 0 Å². The largest absolute Gasteiger partial charge is 0.465 e. The monoisotopic (exact) mass is 457 g/mol. The number of carbonyl (C=O) groups excluding carboxylic acids is 3. The molecule has 3 aliphatic rings. The lowest BCUT2D eigenvalue weighted by atomic mass is 9.60. The highest BCUT2D eigenvalue weighted by molar-refractivity contribution is 6.06. The van der Waals surface area contributed by atoms with Crippen molar-refractivity contribution in [1.82, 2.24) is 4.90 Å². The molecule has 2 spiro atoms. The predicted octanol–water partition coefficient (Wildman–Crippen LogP) is 3.64. The first-order valence-corrected chi connectivity index (χ1v) is 12.2. The number of hydrogen-bond acceptors (Lipinski definition) is 6. The maximum atomic E-state index is 13.5. The van der Waals surface area contributed by atoms with Crippen LogP contribution in [0.25, 0.3) is 0 Å². The van der Waals surface area contributed by atoms with Gasteiger partial charge in [0.15, 0.2) is 0 Å². The lowest BCUT2D eigenvalue weighted by molar-refractivity contribution is -0.210. The lowest BCUT2D eigenvalue weighted by Crippen LogP contribution is -2.68. The minimum atomic E-state index is -1.79. The first-order chi connectivity index (χ1) is 15.9. The Morgan fingerprint density at radius 3 is 2.24 bits per heavy atom. The Balaban J connectivity index is 1.76. The topological polar surface area (TPSA) is 82.1 Å². The van der Waals surface area contributed by atoms with Gasteiger partial charge in [0.25, 0.3) is 0 Å². The molecule has 4 rings (SSSR count). The highest BCUT2D eigenvalue weighted by atomic mass is 16.6. The van der Waals surface area contributed by atoms with Crippen LogP contribution in [-0.4, -0.2) is 54.7 Å². The highest BCUT2D eigenvalue weighted by Gasteiger charge is 2.72. The molecule has 0 N–H and O–H groups in total. The third-order valence-corrected chi connectivity index (χ3v) is 7.69. The molecule has 1 aromatic rings. The van der Waals surface area contributed by atoms with Crippen molar-refractivity contribution in [2.75, 3.05) is 26.4 Å². The minimum Gasteiger partial charge on any atom is -0.465 e. The van der Waals surface area contributed by atoms with Gasteiger partial charge in [0, 0.05) is 6.54 Å². The average Bonchev–Trinajstić information content (AvgIpc) is 3.15. The van der Waals surface area contributed by atoms with Crippen molar-refractivity contribution in [1.29, 1.82) is 0 Å². The van der Waals surface area contributed by atoms with E-state index in [0.29, 0.717) is 19.6 Å². The lowest BCUT2D eigenvalue weighted by Gasteiger charge is -2.50. The summed E-state index contributed by atoms with van der Waals surface area (Å²) in [6, 6.07) is 9.74. The van der Waals surface area contributed by atoms with Crippen LogP contribution in [0.3, 0.4) is 0 Å². The Morgan fingerprint density at radius 1 is 1.00 bits per heavy atom. The molecule has 0 bridgehead atoms. The molecule has 2 aliphatic heterocycles. The number of benzene rings is 1. The summed E-state index contributed by atoms with van der Waals surface area (Å²) in [6.07, 6.45) is 5.67. The second-order valence-corrected chi connectivity index (χ2v) is 9.78. The standard InChI is InChI=1S/C26H35NO6/c1-3-31-22(29)26(23(30)32-4-2)15-21(28)27(16-20-11-7-5-8-12-20)18-25(26)17-24(19-33-25)13-9-6-10-14-24/h5,7-8,11-12H,3-4,6,9-10,13-19H2,1-2H3. The predicted molar refractivity (Wildman–Crippen MR) is 121 cm³/mol. The third kappa shape index (κ3) is 4.16. The molecular formula is C26H35NO6. The number of nitrogens with zero attached hydrogens (tertiary/aromatic N) is 1. The van der Waals surface area contributed by atoms with E-state index in [1.807, 2.05) is 30.3 Å². The summed E-state index contributed by atoms with van der Waals surface area (Å²) in [5.74, 6) is -1.67. The number of amides is 1. The molecule has 1 amide bonds. The molecule has 180 valence electrons. The minimum absolute atomic E-state index is 0.0820. The molecule has 7 heteroatoms. The van der Waals surface area contributed by atoms with Gasteiger partial charge in [-0.2, -0.15) is 0 Å². The maximum Gasteiger partial charge on any atom is 0.327 e. The molecule has 1 aromatic carbocycles. The zero-order valence-electron chi connectivity index (χ0n) is 19.8. The number of piperidine rings is 1. The fourth-order valence-electron chi connectivity index (χ4n) is 6.08. The van der Waals surface area contributed by atoms with E-state index in [4.69, 9.17) is 14.2 Å². The van der Waals surface area contributed by atoms with Gasteiger partial charge in [-0.25, -0.2) is 0 Å². The van der Waals surface area contributed by atoms with Crippen molar-refractivity contribution in [2.45, 2.75) is 70.9 Å².